The number of rotatable bonds is 5. The van der Waals surface area contributed by atoms with Gasteiger partial charge in [0, 0.05) is 11.6 Å². The molecule has 1 N–H and O–H groups in total. The summed E-state index contributed by atoms with van der Waals surface area (Å²) in [5.41, 5.74) is 0.976. The van der Waals surface area contributed by atoms with Crippen LogP contribution in [0.2, 0.25) is 5.02 Å². The van der Waals surface area contributed by atoms with E-state index >= 15 is 0 Å². The molecule has 2 heterocycles. The van der Waals surface area contributed by atoms with E-state index < -0.39 is 0 Å². The molecule has 1 aromatic carbocycles. The van der Waals surface area contributed by atoms with Gasteiger partial charge in [-0.3, -0.25) is 9.69 Å². The molecule has 128 valence electrons. The van der Waals surface area contributed by atoms with E-state index in [0.29, 0.717) is 24.6 Å². The summed E-state index contributed by atoms with van der Waals surface area (Å²) in [5, 5.41) is 3.67. The quantitative estimate of drug-likeness (QED) is 0.902. The molecule has 0 radical (unpaired) electrons. The smallest absolute Gasteiger partial charge is 0.226 e. The summed E-state index contributed by atoms with van der Waals surface area (Å²) in [5.74, 6) is 1.41. The van der Waals surface area contributed by atoms with Gasteiger partial charge >= 0.3 is 0 Å². The molecule has 0 bridgehead atoms. The third-order valence-corrected chi connectivity index (χ3v) is 4.50. The zero-order valence-corrected chi connectivity index (χ0v) is 14.5. The topological polar surface area (TPSA) is 54.7 Å². The lowest BCUT2D eigenvalue weighted by Gasteiger charge is -2.27. The van der Waals surface area contributed by atoms with Crippen molar-refractivity contribution in [3.8, 4) is 5.75 Å². The highest BCUT2D eigenvalue weighted by molar-refractivity contribution is 6.30. The van der Waals surface area contributed by atoms with Crippen molar-refractivity contribution in [2.24, 2.45) is 5.92 Å². The number of hydrogen-bond acceptors (Lipinski definition) is 4. The minimum Gasteiger partial charge on any atom is -0.492 e. The van der Waals surface area contributed by atoms with Crippen LogP contribution in [0.1, 0.15) is 17.4 Å². The van der Waals surface area contributed by atoms with Crippen molar-refractivity contribution in [1.29, 1.82) is 0 Å². The maximum absolute atomic E-state index is 12.5. The van der Waals surface area contributed by atoms with E-state index in [0.717, 1.165) is 17.1 Å². The molecule has 1 aromatic heterocycles. The Balaban J connectivity index is 1.61. The average Bonchev–Trinajstić information content (AvgIpc) is 3.08. The first-order chi connectivity index (χ1) is 11.5. The van der Waals surface area contributed by atoms with Crippen molar-refractivity contribution in [3.63, 3.8) is 0 Å². The van der Waals surface area contributed by atoms with Crippen LogP contribution in [0.3, 0.4) is 0 Å². The second-order valence-corrected chi connectivity index (χ2v) is 6.64. The Hall–Kier alpha value is -1.98. The van der Waals surface area contributed by atoms with Gasteiger partial charge in [-0.2, -0.15) is 0 Å². The SMILES string of the molecule is CN(C)[C@H](CNC(=O)[C@H]1COc2ccc(Cl)cc2C1)c1ccco1. The maximum Gasteiger partial charge on any atom is 0.226 e. The van der Waals surface area contributed by atoms with Crippen LogP contribution in [0.15, 0.2) is 41.0 Å². The number of nitrogens with one attached hydrogen (secondary N) is 1. The molecule has 2 aromatic rings. The number of likely N-dealkylation sites (N-methyl/N-ethyl adjacent to an activating group) is 1. The molecule has 0 unspecified atom stereocenters. The number of carbonyl (C=O) groups is 1. The zero-order valence-electron chi connectivity index (χ0n) is 13.8. The van der Waals surface area contributed by atoms with Crippen molar-refractivity contribution >= 4 is 17.5 Å². The molecule has 0 saturated heterocycles. The molecular weight excluding hydrogens is 328 g/mol. The molecule has 1 aliphatic rings. The number of ether oxygens (including phenoxy) is 1. The third kappa shape index (κ3) is 3.74. The van der Waals surface area contributed by atoms with Gasteiger partial charge in [0.05, 0.1) is 18.2 Å². The van der Waals surface area contributed by atoms with Crippen LogP contribution in [-0.4, -0.2) is 38.1 Å². The van der Waals surface area contributed by atoms with Crippen LogP contribution in [0, 0.1) is 5.92 Å². The fourth-order valence-corrected chi connectivity index (χ4v) is 3.09. The molecular formula is C18H21ClN2O3. The Kier molecular flexibility index (Phi) is 5.11. The van der Waals surface area contributed by atoms with Gasteiger partial charge in [0.1, 0.15) is 18.1 Å². The first-order valence-corrected chi connectivity index (χ1v) is 8.31. The highest BCUT2D eigenvalue weighted by Gasteiger charge is 2.27. The lowest BCUT2D eigenvalue weighted by Crippen LogP contribution is -2.41. The number of nitrogens with zero attached hydrogens (tertiary/aromatic N) is 1. The molecule has 0 spiro atoms. The van der Waals surface area contributed by atoms with Gasteiger partial charge < -0.3 is 14.5 Å². The van der Waals surface area contributed by atoms with Crippen molar-refractivity contribution < 1.29 is 13.9 Å². The Morgan fingerprint density at radius 3 is 2.96 bits per heavy atom. The van der Waals surface area contributed by atoms with Crippen LogP contribution >= 0.6 is 11.6 Å². The molecule has 5 nitrogen and oxygen atoms in total. The number of amides is 1. The van der Waals surface area contributed by atoms with E-state index in [1.54, 1.807) is 12.3 Å². The second-order valence-electron chi connectivity index (χ2n) is 6.20. The molecule has 24 heavy (non-hydrogen) atoms. The van der Waals surface area contributed by atoms with Crippen LogP contribution in [0.25, 0.3) is 0 Å². The normalized spacial score (nSPS) is 17.9. The molecule has 1 aliphatic heterocycles. The van der Waals surface area contributed by atoms with E-state index in [2.05, 4.69) is 5.32 Å². The first kappa shape index (κ1) is 16.9. The summed E-state index contributed by atoms with van der Waals surface area (Å²) >= 11 is 6.03. The molecule has 3 rings (SSSR count). The second kappa shape index (κ2) is 7.28. The number of halogens is 1. The zero-order chi connectivity index (χ0) is 17.1. The standard InChI is InChI=1S/C18H21ClN2O3/c1-21(2)15(17-4-3-7-23-17)10-20-18(22)13-8-12-9-14(19)5-6-16(12)24-11-13/h3-7,9,13,15H,8,10-11H2,1-2H3,(H,20,22)/t13-,15-/m1/s1. The van der Waals surface area contributed by atoms with Gasteiger partial charge in [0.25, 0.3) is 0 Å². The van der Waals surface area contributed by atoms with Gasteiger partial charge in [0.15, 0.2) is 0 Å². The van der Waals surface area contributed by atoms with E-state index in [-0.39, 0.29) is 17.9 Å². The number of fused-ring (bicyclic) bond motifs is 1. The van der Waals surface area contributed by atoms with Crippen LogP contribution in [0.5, 0.6) is 5.75 Å². The predicted molar refractivity (Wildman–Crippen MR) is 92.3 cm³/mol. The lowest BCUT2D eigenvalue weighted by molar-refractivity contribution is -0.126. The Morgan fingerprint density at radius 1 is 1.42 bits per heavy atom. The number of carbonyl (C=O) groups excluding carboxylic acids is 1. The Labute approximate surface area is 146 Å². The molecule has 6 heteroatoms. The number of benzene rings is 1. The van der Waals surface area contributed by atoms with E-state index in [4.69, 9.17) is 20.8 Å². The molecule has 1 amide bonds. The number of furan rings is 1. The Bertz CT molecular complexity index is 700. The molecule has 0 saturated carbocycles. The van der Waals surface area contributed by atoms with Gasteiger partial charge in [-0.15, -0.1) is 0 Å². The highest BCUT2D eigenvalue weighted by atomic mass is 35.5. The van der Waals surface area contributed by atoms with E-state index in [9.17, 15) is 4.79 Å². The van der Waals surface area contributed by atoms with Crippen molar-refractivity contribution in [3.05, 3.63) is 52.9 Å². The van der Waals surface area contributed by atoms with Crippen LogP contribution < -0.4 is 10.1 Å². The summed E-state index contributed by atoms with van der Waals surface area (Å²) in [4.78, 5) is 14.5. The lowest BCUT2D eigenvalue weighted by atomic mass is 9.96. The average molecular weight is 349 g/mol. The maximum atomic E-state index is 12.5. The summed E-state index contributed by atoms with van der Waals surface area (Å²) in [6, 6.07) is 9.27. The summed E-state index contributed by atoms with van der Waals surface area (Å²) in [7, 11) is 3.92. The molecule has 2 atom stereocenters. The predicted octanol–water partition coefficient (Wildman–Crippen LogP) is 2.90. The van der Waals surface area contributed by atoms with Gasteiger partial charge in [-0.1, -0.05) is 11.6 Å². The van der Waals surface area contributed by atoms with Gasteiger partial charge in [-0.25, -0.2) is 0 Å². The van der Waals surface area contributed by atoms with Crippen molar-refractivity contribution in [2.75, 3.05) is 27.2 Å². The monoisotopic (exact) mass is 348 g/mol. The van der Waals surface area contributed by atoms with Gasteiger partial charge in [0.2, 0.25) is 5.91 Å². The minimum absolute atomic E-state index is 0.00445. The first-order valence-electron chi connectivity index (χ1n) is 7.93. The van der Waals surface area contributed by atoms with Gasteiger partial charge in [-0.05, 0) is 56.4 Å². The fourth-order valence-electron chi connectivity index (χ4n) is 2.89. The Morgan fingerprint density at radius 2 is 2.25 bits per heavy atom. The fraction of sp³-hybridized carbons (Fsp3) is 0.389. The molecule has 0 aliphatic carbocycles. The van der Waals surface area contributed by atoms with Crippen LogP contribution in [0.4, 0.5) is 0 Å². The van der Waals surface area contributed by atoms with Crippen LogP contribution in [-0.2, 0) is 11.2 Å². The van der Waals surface area contributed by atoms with E-state index in [1.807, 2.05) is 43.3 Å². The summed E-state index contributed by atoms with van der Waals surface area (Å²) in [6.07, 6.45) is 2.28. The largest absolute Gasteiger partial charge is 0.492 e. The van der Waals surface area contributed by atoms with Crippen molar-refractivity contribution in [1.82, 2.24) is 10.2 Å². The third-order valence-electron chi connectivity index (χ3n) is 4.26. The highest BCUT2D eigenvalue weighted by Crippen LogP contribution is 2.30. The minimum atomic E-state index is -0.213. The number of hydrogen-bond donors (Lipinski definition) is 1. The summed E-state index contributed by atoms with van der Waals surface area (Å²) < 4.78 is 11.2. The molecule has 0 fully saturated rings. The summed E-state index contributed by atoms with van der Waals surface area (Å²) in [6.45, 7) is 0.867. The van der Waals surface area contributed by atoms with E-state index in [1.165, 1.54) is 0 Å². The van der Waals surface area contributed by atoms with Crippen molar-refractivity contribution in [2.45, 2.75) is 12.5 Å².